The molecule has 162 valence electrons. The lowest BCUT2D eigenvalue weighted by molar-refractivity contribution is -0.119. The van der Waals surface area contributed by atoms with Gasteiger partial charge in [0.1, 0.15) is 5.82 Å². The van der Waals surface area contributed by atoms with Crippen molar-refractivity contribution < 1.29 is 9.59 Å². The standard InChI is InChI=1S/C24H29N5O2/c1-18-10-12-20(13-11-18)22-16-23(29(27-22)21-8-5-4-6-9-21)26-24(31)17-28(3)15-7-14-25-19(2)30/h4-6,8-13,16H,7,14-15,17H2,1-3H3,(H,25,30)(H,26,31). The Morgan fingerprint density at radius 2 is 1.77 bits per heavy atom. The zero-order valence-electron chi connectivity index (χ0n) is 18.3. The number of hydrogen-bond donors (Lipinski definition) is 2. The summed E-state index contributed by atoms with van der Waals surface area (Å²) in [4.78, 5) is 25.5. The van der Waals surface area contributed by atoms with E-state index < -0.39 is 0 Å². The van der Waals surface area contributed by atoms with Gasteiger partial charge in [-0.25, -0.2) is 4.68 Å². The summed E-state index contributed by atoms with van der Waals surface area (Å²) in [6.45, 7) is 5.10. The highest BCUT2D eigenvalue weighted by Gasteiger charge is 2.15. The van der Waals surface area contributed by atoms with E-state index in [2.05, 4.69) is 10.6 Å². The van der Waals surface area contributed by atoms with Crippen LogP contribution in [0.15, 0.2) is 60.7 Å². The van der Waals surface area contributed by atoms with Crippen molar-refractivity contribution in [3.8, 4) is 16.9 Å². The molecular formula is C24H29N5O2. The van der Waals surface area contributed by atoms with Gasteiger partial charge in [-0.2, -0.15) is 5.10 Å². The number of anilines is 1. The molecule has 3 rings (SSSR count). The number of aromatic nitrogens is 2. The van der Waals surface area contributed by atoms with E-state index in [1.807, 2.05) is 79.5 Å². The van der Waals surface area contributed by atoms with Crippen LogP contribution in [-0.4, -0.2) is 53.2 Å². The largest absolute Gasteiger partial charge is 0.356 e. The molecule has 0 fully saturated rings. The maximum Gasteiger partial charge on any atom is 0.239 e. The Balaban J connectivity index is 1.72. The number of aryl methyl sites for hydroxylation is 1. The highest BCUT2D eigenvalue weighted by Crippen LogP contribution is 2.25. The van der Waals surface area contributed by atoms with Crippen molar-refractivity contribution in [2.45, 2.75) is 20.3 Å². The van der Waals surface area contributed by atoms with Crippen LogP contribution < -0.4 is 10.6 Å². The third-order valence-electron chi connectivity index (χ3n) is 4.83. The number of nitrogens with one attached hydrogen (secondary N) is 2. The fourth-order valence-electron chi connectivity index (χ4n) is 3.22. The fraction of sp³-hybridized carbons (Fsp3) is 0.292. The molecule has 0 aliphatic heterocycles. The summed E-state index contributed by atoms with van der Waals surface area (Å²) in [5, 5.41) is 10.5. The van der Waals surface area contributed by atoms with Crippen LogP contribution in [0.3, 0.4) is 0 Å². The summed E-state index contributed by atoms with van der Waals surface area (Å²) in [5.41, 5.74) is 3.84. The van der Waals surface area contributed by atoms with Crippen LogP contribution in [0.5, 0.6) is 0 Å². The van der Waals surface area contributed by atoms with E-state index >= 15 is 0 Å². The zero-order valence-corrected chi connectivity index (χ0v) is 18.3. The number of nitrogens with zero attached hydrogens (tertiary/aromatic N) is 3. The van der Waals surface area contributed by atoms with Gasteiger partial charge in [0.05, 0.1) is 17.9 Å². The van der Waals surface area contributed by atoms with E-state index in [1.165, 1.54) is 12.5 Å². The van der Waals surface area contributed by atoms with Gasteiger partial charge < -0.3 is 10.6 Å². The van der Waals surface area contributed by atoms with Crippen LogP contribution in [0.2, 0.25) is 0 Å². The van der Waals surface area contributed by atoms with Crippen LogP contribution in [0.1, 0.15) is 18.9 Å². The molecule has 0 radical (unpaired) electrons. The molecule has 0 bridgehead atoms. The zero-order chi connectivity index (χ0) is 22.2. The average molecular weight is 420 g/mol. The van der Waals surface area contributed by atoms with Gasteiger partial charge in [-0.15, -0.1) is 0 Å². The van der Waals surface area contributed by atoms with Crippen molar-refractivity contribution in [3.05, 3.63) is 66.2 Å². The van der Waals surface area contributed by atoms with Crippen LogP contribution in [-0.2, 0) is 9.59 Å². The van der Waals surface area contributed by atoms with E-state index in [4.69, 9.17) is 5.10 Å². The van der Waals surface area contributed by atoms with E-state index in [-0.39, 0.29) is 18.4 Å². The van der Waals surface area contributed by atoms with E-state index in [0.29, 0.717) is 18.9 Å². The maximum atomic E-state index is 12.7. The van der Waals surface area contributed by atoms with Gasteiger partial charge in [-0.3, -0.25) is 14.5 Å². The third kappa shape index (κ3) is 6.52. The predicted octanol–water partition coefficient (Wildman–Crippen LogP) is 3.24. The van der Waals surface area contributed by atoms with Gasteiger partial charge >= 0.3 is 0 Å². The van der Waals surface area contributed by atoms with Gasteiger partial charge in [0.2, 0.25) is 11.8 Å². The van der Waals surface area contributed by atoms with Crippen molar-refractivity contribution in [3.63, 3.8) is 0 Å². The number of benzene rings is 2. The molecule has 7 nitrogen and oxygen atoms in total. The van der Waals surface area contributed by atoms with Crippen LogP contribution >= 0.6 is 0 Å². The second kappa shape index (κ2) is 10.5. The molecule has 2 aromatic carbocycles. The van der Waals surface area contributed by atoms with Gasteiger partial charge in [0, 0.05) is 31.6 Å². The average Bonchev–Trinajstić information content (AvgIpc) is 3.15. The molecule has 1 aromatic heterocycles. The lowest BCUT2D eigenvalue weighted by atomic mass is 10.1. The molecular weight excluding hydrogens is 390 g/mol. The van der Waals surface area contributed by atoms with Crippen molar-refractivity contribution in [2.75, 3.05) is 32.0 Å². The summed E-state index contributed by atoms with van der Waals surface area (Å²) >= 11 is 0. The maximum absolute atomic E-state index is 12.7. The minimum absolute atomic E-state index is 0.0426. The Bertz CT molecular complexity index is 1010. The number of likely N-dealkylation sites (N-methyl/N-ethyl adjacent to an activating group) is 1. The third-order valence-corrected chi connectivity index (χ3v) is 4.83. The topological polar surface area (TPSA) is 79.3 Å². The highest BCUT2D eigenvalue weighted by molar-refractivity contribution is 5.92. The molecule has 0 aliphatic rings. The summed E-state index contributed by atoms with van der Waals surface area (Å²) in [7, 11) is 1.89. The summed E-state index contributed by atoms with van der Waals surface area (Å²) in [6, 6.07) is 19.8. The molecule has 31 heavy (non-hydrogen) atoms. The number of carbonyl (C=O) groups is 2. The molecule has 1 heterocycles. The lowest BCUT2D eigenvalue weighted by Crippen LogP contribution is -2.33. The van der Waals surface area contributed by atoms with E-state index in [9.17, 15) is 9.59 Å². The molecule has 0 saturated carbocycles. The minimum atomic E-state index is -0.116. The van der Waals surface area contributed by atoms with Crippen LogP contribution in [0, 0.1) is 6.92 Å². The SMILES string of the molecule is CC(=O)NCCCN(C)CC(=O)Nc1cc(-c2ccc(C)cc2)nn1-c1ccccc1. The number of para-hydroxylation sites is 1. The van der Waals surface area contributed by atoms with Gasteiger partial charge in [-0.1, -0.05) is 48.0 Å². The molecule has 0 saturated heterocycles. The normalized spacial score (nSPS) is 10.8. The first-order chi connectivity index (χ1) is 14.9. The minimum Gasteiger partial charge on any atom is -0.356 e. The number of rotatable bonds is 9. The fourth-order valence-corrected chi connectivity index (χ4v) is 3.22. The molecule has 7 heteroatoms. The smallest absolute Gasteiger partial charge is 0.239 e. The Kier molecular flexibility index (Phi) is 7.56. The Morgan fingerprint density at radius 3 is 2.45 bits per heavy atom. The molecule has 2 N–H and O–H groups in total. The molecule has 3 aromatic rings. The first kappa shape index (κ1) is 22.2. The lowest BCUT2D eigenvalue weighted by Gasteiger charge is -2.16. The van der Waals surface area contributed by atoms with Crippen LogP contribution in [0.25, 0.3) is 16.9 Å². The summed E-state index contributed by atoms with van der Waals surface area (Å²) in [6.07, 6.45) is 0.781. The summed E-state index contributed by atoms with van der Waals surface area (Å²) in [5.74, 6) is 0.465. The summed E-state index contributed by atoms with van der Waals surface area (Å²) < 4.78 is 1.75. The highest BCUT2D eigenvalue weighted by atomic mass is 16.2. The van der Waals surface area contributed by atoms with E-state index in [0.717, 1.165) is 23.4 Å². The molecule has 0 atom stereocenters. The van der Waals surface area contributed by atoms with Crippen molar-refractivity contribution >= 4 is 17.6 Å². The van der Waals surface area contributed by atoms with E-state index in [1.54, 1.807) is 4.68 Å². The van der Waals surface area contributed by atoms with Gasteiger partial charge in [-0.05, 0) is 32.5 Å². The Labute approximate surface area is 183 Å². The molecule has 2 amide bonds. The Morgan fingerprint density at radius 1 is 1.06 bits per heavy atom. The molecule has 0 aliphatic carbocycles. The first-order valence-corrected chi connectivity index (χ1v) is 10.4. The van der Waals surface area contributed by atoms with Crippen molar-refractivity contribution in [1.82, 2.24) is 20.0 Å². The van der Waals surface area contributed by atoms with Gasteiger partial charge in [0.25, 0.3) is 0 Å². The van der Waals surface area contributed by atoms with Gasteiger partial charge in [0.15, 0.2) is 0 Å². The second-order valence-electron chi connectivity index (χ2n) is 7.65. The van der Waals surface area contributed by atoms with Crippen LogP contribution in [0.4, 0.5) is 5.82 Å². The molecule has 0 spiro atoms. The second-order valence-corrected chi connectivity index (χ2v) is 7.65. The quantitative estimate of drug-likeness (QED) is 0.522. The molecule has 0 unspecified atom stereocenters. The van der Waals surface area contributed by atoms with Crippen molar-refractivity contribution in [2.24, 2.45) is 0 Å². The number of hydrogen-bond acceptors (Lipinski definition) is 4. The monoisotopic (exact) mass is 419 g/mol. The number of carbonyl (C=O) groups excluding carboxylic acids is 2. The van der Waals surface area contributed by atoms with Crippen molar-refractivity contribution in [1.29, 1.82) is 0 Å². The first-order valence-electron chi connectivity index (χ1n) is 10.4. The predicted molar refractivity (Wildman–Crippen MR) is 123 cm³/mol. The number of amides is 2. The Hall–Kier alpha value is -3.45.